The highest BCUT2D eigenvalue weighted by Gasteiger charge is 2.30. The average Bonchev–Trinajstić information content (AvgIpc) is 3.64. The fourth-order valence-corrected chi connectivity index (χ4v) is 12.0. The maximum absolute atomic E-state index is 13.0. The van der Waals surface area contributed by atoms with Crippen LogP contribution in [0.15, 0.2) is 0 Å². The number of unbranched alkanes of at least 4 members (excludes halogenated alkanes) is 41. The van der Waals surface area contributed by atoms with Gasteiger partial charge < -0.3 is 33.8 Å². The summed E-state index contributed by atoms with van der Waals surface area (Å²) in [5.41, 5.74) is 0. The van der Waals surface area contributed by atoms with E-state index >= 15 is 0 Å². The van der Waals surface area contributed by atoms with Crippen LogP contribution in [0.5, 0.6) is 0 Å². The topological polar surface area (TPSA) is 237 Å². The van der Waals surface area contributed by atoms with E-state index in [1.165, 1.54) is 180 Å². The number of rotatable bonds is 69. The molecule has 5 atom stereocenters. The second-order valence-corrected chi connectivity index (χ2v) is 28.3. The van der Waals surface area contributed by atoms with Crippen LogP contribution >= 0.6 is 15.6 Å². The van der Waals surface area contributed by atoms with E-state index in [1.807, 2.05) is 0 Å². The molecule has 0 aliphatic carbocycles. The number of carbonyl (C=O) groups excluding carboxylic acids is 4. The zero-order valence-corrected chi connectivity index (χ0v) is 58.6. The zero-order valence-electron chi connectivity index (χ0n) is 56.9. The van der Waals surface area contributed by atoms with Crippen molar-refractivity contribution in [1.29, 1.82) is 0 Å². The number of hydrogen-bond acceptors (Lipinski definition) is 15. The maximum atomic E-state index is 13.0. The van der Waals surface area contributed by atoms with E-state index in [0.717, 1.165) is 95.8 Å². The second kappa shape index (κ2) is 62.5. The van der Waals surface area contributed by atoms with Crippen molar-refractivity contribution >= 4 is 39.5 Å². The largest absolute Gasteiger partial charge is 0.472 e. The molecule has 0 heterocycles. The van der Waals surface area contributed by atoms with Crippen LogP contribution in [0, 0.1) is 5.92 Å². The van der Waals surface area contributed by atoms with Gasteiger partial charge in [-0.2, -0.15) is 0 Å². The van der Waals surface area contributed by atoms with Crippen molar-refractivity contribution in [3.63, 3.8) is 0 Å². The molecule has 0 aromatic rings. The summed E-state index contributed by atoms with van der Waals surface area (Å²) >= 11 is 0. The lowest BCUT2D eigenvalue weighted by Crippen LogP contribution is -2.30. The van der Waals surface area contributed by atoms with E-state index in [9.17, 15) is 43.2 Å². The highest BCUT2D eigenvalue weighted by molar-refractivity contribution is 7.47. The first-order chi connectivity index (χ1) is 42.5. The molecule has 0 aliphatic heterocycles. The maximum Gasteiger partial charge on any atom is 0.472 e. The Kier molecular flexibility index (Phi) is 61.1. The first-order valence-electron chi connectivity index (χ1n) is 36.1. The standard InChI is InChI=1S/C69H134O17P2/c1-6-9-12-15-18-21-28-34-38-43-48-53-67(72)80-59-65(86-69(74)55-50-45-40-35-30-27-25-23-22-24-26-29-33-36-41-46-51-62(4)5)61-84-88(77,78)82-57-63(70)56-81-87(75,76)83-60-64(85-68(73)54-49-44-39-32-20-17-14-11-8-3)58-79-66(71)52-47-42-37-31-19-16-13-10-7-2/h62-65,70H,6-61H2,1-5H3,(H,75,76)(H,77,78)/t63-,64+,65+/m0/s1. The molecule has 17 nitrogen and oxygen atoms in total. The predicted molar refractivity (Wildman–Crippen MR) is 354 cm³/mol. The van der Waals surface area contributed by atoms with E-state index in [0.29, 0.717) is 25.7 Å². The van der Waals surface area contributed by atoms with E-state index in [4.69, 9.17) is 37.0 Å². The summed E-state index contributed by atoms with van der Waals surface area (Å²) in [6, 6.07) is 0. The molecule has 0 spiro atoms. The molecule has 0 aromatic heterocycles. The Labute approximate surface area is 537 Å². The summed E-state index contributed by atoms with van der Waals surface area (Å²) < 4.78 is 68.1. The molecule has 0 rings (SSSR count). The first-order valence-corrected chi connectivity index (χ1v) is 39.1. The first kappa shape index (κ1) is 86.1. The van der Waals surface area contributed by atoms with Gasteiger partial charge in [0.15, 0.2) is 12.2 Å². The molecule has 0 saturated heterocycles. The van der Waals surface area contributed by atoms with Gasteiger partial charge in [-0.3, -0.25) is 37.3 Å². The molecule has 522 valence electrons. The minimum Gasteiger partial charge on any atom is -0.462 e. The molecule has 88 heavy (non-hydrogen) atoms. The summed E-state index contributed by atoms with van der Waals surface area (Å²) in [7, 11) is -9.89. The molecule has 0 aromatic carbocycles. The molecule has 0 fully saturated rings. The van der Waals surface area contributed by atoms with Crippen molar-refractivity contribution in [1.82, 2.24) is 0 Å². The summed E-state index contributed by atoms with van der Waals surface area (Å²) in [4.78, 5) is 72.3. The lowest BCUT2D eigenvalue weighted by atomic mass is 10.0. The molecule has 0 saturated carbocycles. The van der Waals surface area contributed by atoms with Crippen LogP contribution in [-0.4, -0.2) is 96.7 Å². The monoisotopic (exact) mass is 1300 g/mol. The van der Waals surface area contributed by atoms with Gasteiger partial charge in [-0.05, 0) is 31.6 Å². The molecule has 0 aliphatic rings. The van der Waals surface area contributed by atoms with Gasteiger partial charge in [0.05, 0.1) is 26.4 Å². The lowest BCUT2D eigenvalue weighted by molar-refractivity contribution is -0.161. The summed E-state index contributed by atoms with van der Waals surface area (Å²) in [6.07, 6.45) is 48.6. The van der Waals surface area contributed by atoms with Crippen molar-refractivity contribution in [3.05, 3.63) is 0 Å². The Morgan fingerprint density at radius 3 is 0.773 bits per heavy atom. The van der Waals surface area contributed by atoms with Gasteiger partial charge in [0, 0.05) is 25.7 Å². The minimum atomic E-state index is -4.95. The van der Waals surface area contributed by atoms with Crippen molar-refractivity contribution in [3.8, 4) is 0 Å². The van der Waals surface area contributed by atoms with Crippen LogP contribution in [0.1, 0.15) is 356 Å². The van der Waals surface area contributed by atoms with Crippen LogP contribution in [-0.2, 0) is 65.4 Å². The van der Waals surface area contributed by atoms with Gasteiger partial charge in [-0.25, -0.2) is 9.13 Å². The number of hydrogen-bond donors (Lipinski definition) is 3. The molecule has 3 N–H and O–H groups in total. The highest BCUT2D eigenvalue weighted by Crippen LogP contribution is 2.45. The number of esters is 4. The predicted octanol–water partition coefficient (Wildman–Crippen LogP) is 19.7. The second-order valence-electron chi connectivity index (χ2n) is 25.4. The van der Waals surface area contributed by atoms with Crippen molar-refractivity contribution in [2.75, 3.05) is 39.6 Å². The number of phosphoric ester groups is 2. The van der Waals surface area contributed by atoms with Crippen LogP contribution < -0.4 is 0 Å². The third-order valence-corrected chi connectivity index (χ3v) is 17.9. The molecular formula is C69H134O17P2. The van der Waals surface area contributed by atoms with E-state index in [-0.39, 0.29) is 25.7 Å². The van der Waals surface area contributed by atoms with Gasteiger partial charge >= 0.3 is 39.5 Å². The molecule has 0 bridgehead atoms. The van der Waals surface area contributed by atoms with Crippen molar-refractivity contribution in [2.24, 2.45) is 5.92 Å². The van der Waals surface area contributed by atoms with E-state index in [1.54, 1.807) is 0 Å². The normalized spacial score (nSPS) is 14.1. The molecule has 19 heteroatoms. The van der Waals surface area contributed by atoms with E-state index < -0.39 is 97.5 Å². The number of aliphatic hydroxyl groups is 1. The lowest BCUT2D eigenvalue weighted by Gasteiger charge is -2.21. The summed E-state index contributed by atoms with van der Waals surface area (Å²) in [5, 5.41) is 10.6. The smallest absolute Gasteiger partial charge is 0.462 e. The number of phosphoric acid groups is 2. The van der Waals surface area contributed by atoms with Gasteiger partial charge in [0.1, 0.15) is 19.3 Å². The zero-order chi connectivity index (χ0) is 64.9. The highest BCUT2D eigenvalue weighted by atomic mass is 31.2. The van der Waals surface area contributed by atoms with Crippen LogP contribution in [0.25, 0.3) is 0 Å². The molecular weight excluding hydrogens is 1160 g/mol. The van der Waals surface area contributed by atoms with Crippen molar-refractivity contribution < 1.29 is 80.2 Å². The van der Waals surface area contributed by atoms with Gasteiger partial charge in [-0.15, -0.1) is 0 Å². The third-order valence-electron chi connectivity index (χ3n) is 16.0. The Hall–Kier alpha value is -1.94. The fourth-order valence-electron chi connectivity index (χ4n) is 10.5. The SMILES string of the molecule is CCCCCCCCCCCCCC(=O)OC[C@H](COP(=O)(O)OC[C@@H](O)COP(=O)(O)OC[C@@H](COC(=O)CCCCCCCCCCC)OC(=O)CCCCCCCCCCC)OC(=O)CCCCCCCCCCCCCCCCCCC(C)C. The number of ether oxygens (including phenoxy) is 4. The van der Waals surface area contributed by atoms with Crippen LogP contribution in [0.3, 0.4) is 0 Å². The Bertz CT molecular complexity index is 1700. The summed E-state index contributed by atoms with van der Waals surface area (Å²) in [6.45, 7) is 7.23. The Morgan fingerprint density at radius 1 is 0.307 bits per heavy atom. The Morgan fingerprint density at radius 2 is 0.523 bits per heavy atom. The Balaban J connectivity index is 5.17. The summed E-state index contributed by atoms with van der Waals surface area (Å²) in [5.74, 6) is -1.32. The molecule has 2 unspecified atom stereocenters. The number of aliphatic hydroxyl groups excluding tert-OH is 1. The van der Waals surface area contributed by atoms with Crippen LogP contribution in [0.2, 0.25) is 0 Å². The quantitative estimate of drug-likeness (QED) is 0.0222. The number of carbonyl (C=O) groups is 4. The fraction of sp³-hybridized carbons (Fsp3) is 0.942. The third kappa shape index (κ3) is 62.8. The van der Waals surface area contributed by atoms with Crippen LogP contribution in [0.4, 0.5) is 0 Å². The molecule has 0 radical (unpaired) electrons. The average molecular weight is 1300 g/mol. The van der Waals surface area contributed by atoms with Gasteiger partial charge in [-0.1, -0.05) is 304 Å². The minimum absolute atomic E-state index is 0.106. The van der Waals surface area contributed by atoms with Gasteiger partial charge in [0.25, 0.3) is 0 Å². The molecule has 0 amide bonds. The van der Waals surface area contributed by atoms with E-state index in [2.05, 4.69) is 34.6 Å². The van der Waals surface area contributed by atoms with Crippen molar-refractivity contribution in [2.45, 2.75) is 374 Å². The van der Waals surface area contributed by atoms with Gasteiger partial charge in [0.2, 0.25) is 0 Å².